The molecule has 0 saturated heterocycles. The van der Waals surface area contributed by atoms with E-state index in [0.717, 1.165) is 0 Å². The van der Waals surface area contributed by atoms with Crippen LogP contribution in [0, 0.1) is 12.8 Å². The van der Waals surface area contributed by atoms with Crippen LogP contribution in [0.5, 0.6) is 5.75 Å². The van der Waals surface area contributed by atoms with E-state index in [1.54, 1.807) is 31.2 Å². The third-order valence-electron chi connectivity index (χ3n) is 3.86. The van der Waals surface area contributed by atoms with E-state index in [9.17, 15) is 9.59 Å². The van der Waals surface area contributed by atoms with Crippen LogP contribution in [0.25, 0.3) is 0 Å². The van der Waals surface area contributed by atoms with Gasteiger partial charge in [0.1, 0.15) is 5.75 Å². The van der Waals surface area contributed by atoms with Gasteiger partial charge in [0.2, 0.25) is 11.7 Å². The van der Waals surface area contributed by atoms with Crippen molar-refractivity contribution < 1.29 is 24.0 Å². The summed E-state index contributed by atoms with van der Waals surface area (Å²) >= 11 is 0. The quantitative estimate of drug-likeness (QED) is 0.825. The molecular weight excluding hydrogens is 314 g/mol. The molecule has 24 heavy (non-hydrogen) atoms. The summed E-state index contributed by atoms with van der Waals surface area (Å²) in [5.74, 6) is -0.0128. The van der Waals surface area contributed by atoms with Crippen molar-refractivity contribution in [1.29, 1.82) is 0 Å². The Labute approximate surface area is 137 Å². The summed E-state index contributed by atoms with van der Waals surface area (Å²) in [6.45, 7) is 1.84. The first kappa shape index (κ1) is 16.0. The minimum atomic E-state index is -0.812. The molecule has 0 atom stereocenters. The molecule has 0 bridgehead atoms. The van der Waals surface area contributed by atoms with Gasteiger partial charge in [0.15, 0.2) is 6.61 Å². The molecule has 0 radical (unpaired) electrons. The third kappa shape index (κ3) is 3.70. The third-order valence-corrected chi connectivity index (χ3v) is 3.86. The van der Waals surface area contributed by atoms with Gasteiger partial charge in [0.25, 0.3) is 5.91 Å². The molecule has 1 aliphatic rings. The lowest BCUT2D eigenvalue weighted by Gasteiger charge is -2.32. The Balaban J connectivity index is 1.54. The average molecular weight is 331 g/mol. The molecule has 126 valence electrons. The number of carboxylic acids is 1. The van der Waals surface area contributed by atoms with Crippen LogP contribution in [0.15, 0.2) is 28.8 Å². The standard InChI is InChI=1S/C16H17N3O5/c1-9-17-14(19-24-9)8-23-13-4-2-3-10(7-13)15(20)18-12-5-11(6-12)16(21)22/h2-4,7,11-12H,5-6,8H2,1H3,(H,18,20)(H,21,22). The summed E-state index contributed by atoms with van der Waals surface area (Å²) in [4.78, 5) is 27.0. The second-order valence-corrected chi connectivity index (χ2v) is 5.72. The van der Waals surface area contributed by atoms with E-state index >= 15 is 0 Å². The molecular formula is C16H17N3O5. The minimum Gasteiger partial charge on any atom is -0.485 e. The summed E-state index contributed by atoms with van der Waals surface area (Å²) in [7, 11) is 0. The number of carbonyl (C=O) groups is 2. The fraction of sp³-hybridized carbons (Fsp3) is 0.375. The highest BCUT2D eigenvalue weighted by molar-refractivity contribution is 5.95. The number of amides is 1. The van der Waals surface area contributed by atoms with Crippen molar-refractivity contribution >= 4 is 11.9 Å². The second kappa shape index (κ2) is 6.69. The molecule has 1 amide bonds. The maximum absolute atomic E-state index is 12.2. The molecule has 3 rings (SSSR count). The number of ether oxygens (including phenoxy) is 1. The summed E-state index contributed by atoms with van der Waals surface area (Å²) in [6.07, 6.45) is 0.933. The Kier molecular flexibility index (Phi) is 4.45. The minimum absolute atomic E-state index is 0.0921. The van der Waals surface area contributed by atoms with Gasteiger partial charge < -0.3 is 19.7 Å². The Morgan fingerprint density at radius 1 is 1.42 bits per heavy atom. The first-order valence-corrected chi connectivity index (χ1v) is 7.57. The van der Waals surface area contributed by atoms with Crippen molar-refractivity contribution in [3.63, 3.8) is 0 Å². The number of aryl methyl sites for hydroxylation is 1. The summed E-state index contributed by atoms with van der Waals surface area (Å²) in [5.41, 5.74) is 0.454. The lowest BCUT2D eigenvalue weighted by atomic mass is 9.80. The molecule has 1 aromatic heterocycles. The Morgan fingerprint density at radius 3 is 2.88 bits per heavy atom. The number of carbonyl (C=O) groups excluding carboxylic acids is 1. The van der Waals surface area contributed by atoms with Crippen LogP contribution in [-0.4, -0.2) is 33.2 Å². The molecule has 0 unspecified atom stereocenters. The monoisotopic (exact) mass is 331 g/mol. The number of nitrogens with one attached hydrogen (secondary N) is 1. The number of rotatable bonds is 6. The molecule has 0 spiro atoms. The largest absolute Gasteiger partial charge is 0.485 e. The van der Waals surface area contributed by atoms with Gasteiger partial charge in [-0.2, -0.15) is 4.98 Å². The van der Waals surface area contributed by atoms with E-state index < -0.39 is 5.97 Å². The van der Waals surface area contributed by atoms with Gasteiger partial charge in [-0.25, -0.2) is 0 Å². The number of hydrogen-bond acceptors (Lipinski definition) is 6. The SMILES string of the molecule is Cc1nc(COc2cccc(C(=O)NC3CC(C(=O)O)C3)c2)no1. The van der Waals surface area contributed by atoms with Crippen molar-refractivity contribution in [3.05, 3.63) is 41.5 Å². The number of hydrogen-bond donors (Lipinski definition) is 2. The predicted molar refractivity (Wildman–Crippen MR) is 81.4 cm³/mol. The second-order valence-electron chi connectivity index (χ2n) is 5.72. The smallest absolute Gasteiger partial charge is 0.306 e. The number of nitrogens with zero attached hydrogens (tertiary/aromatic N) is 2. The van der Waals surface area contributed by atoms with E-state index in [4.69, 9.17) is 14.4 Å². The van der Waals surface area contributed by atoms with Crippen molar-refractivity contribution in [1.82, 2.24) is 15.5 Å². The van der Waals surface area contributed by atoms with Crippen molar-refractivity contribution in [2.24, 2.45) is 5.92 Å². The van der Waals surface area contributed by atoms with Crippen molar-refractivity contribution in [2.75, 3.05) is 0 Å². The Morgan fingerprint density at radius 2 is 2.21 bits per heavy atom. The molecule has 2 aromatic rings. The predicted octanol–water partition coefficient (Wildman–Crippen LogP) is 1.55. The van der Waals surface area contributed by atoms with Crippen LogP contribution in [0.3, 0.4) is 0 Å². The summed E-state index contributed by atoms with van der Waals surface area (Å²) < 4.78 is 10.4. The van der Waals surface area contributed by atoms with Crippen LogP contribution in [-0.2, 0) is 11.4 Å². The van der Waals surface area contributed by atoms with Gasteiger partial charge in [-0.05, 0) is 31.0 Å². The van der Waals surface area contributed by atoms with Crippen LogP contribution in [0.1, 0.15) is 34.9 Å². The van der Waals surface area contributed by atoms with E-state index in [1.807, 2.05) is 0 Å². The number of benzene rings is 1. The number of aromatic nitrogens is 2. The van der Waals surface area contributed by atoms with Crippen LogP contribution < -0.4 is 10.1 Å². The fourth-order valence-corrected chi connectivity index (χ4v) is 2.48. The Bertz CT molecular complexity index is 752. The maximum Gasteiger partial charge on any atom is 0.306 e. The highest BCUT2D eigenvalue weighted by atomic mass is 16.5. The van der Waals surface area contributed by atoms with Crippen molar-refractivity contribution in [2.45, 2.75) is 32.4 Å². The van der Waals surface area contributed by atoms with Crippen molar-refractivity contribution in [3.8, 4) is 5.75 Å². The zero-order chi connectivity index (χ0) is 17.1. The van der Waals surface area contributed by atoms with Gasteiger partial charge in [-0.15, -0.1) is 0 Å². The number of carboxylic acid groups (broad SMARTS) is 1. The molecule has 1 saturated carbocycles. The molecule has 2 N–H and O–H groups in total. The zero-order valence-corrected chi connectivity index (χ0v) is 13.1. The topological polar surface area (TPSA) is 115 Å². The molecule has 8 nitrogen and oxygen atoms in total. The fourth-order valence-electron chi connectivity index (χ4n) is 2.48. The molecule has 1 fully saturated rings. The van der Waals surface area contributed by atoms with Crippen LogP contribution in [0.2, 0.25) is 0 Å². The normalized spacial score (nSPS) is 19.4. The van der Waals surface area contributed by atoms with E-state index in [1.165, 1.54) is 0 Å². The highest BCUT2D eigenvalue weighted by Crippen LogP contribution is 2.27. The molecule has 8 heteroatoms. The molecule has 1 aliphatic carbocycles. The van der Waals surface area contributed by atoms with Gasteiger partial charge in [0.05, 0.1) is 5.92 Å². The maximum atomic E-state index is 12.2. The van der Waals surface area contributed by atoms with Gasteiger partial charge in [0, 0.05) is 18.5 Å². The van der Waals surface area contributed by atoms with Gasteiger partial charge in [-0.3, -0.25) is 9.59 Å². The van der Waals surface area contributed by atoms with Crippen LogP contribution in [0.4, 0.5) is 0 Å². The summed E-state index contributed by atoms with van der Waals surface area (Å²) in [5, 5.41) is 15.4. The van der Waals surface area contributed by atoms with Gasteiger partial charge in [-0.1, -0.05) is 11.2 Å². The first-order valence-electron chi connectivity index (χ1n) is 7.57. The molecule has 1 aromatic carbocycles. The highest BCUT2D eigenvalue weighted by Gasteiger charge is 2.35. The zero-order valence-electron chi connectivity index (χ0n) is 13.1. The van der Waals surface area contributed by atoms with E-state index in [-0.39, 0.29) is 24.5 Å². The molecule has 1 heterocycles. The Hall–Kier alpha value is -2.90. The van der Waals surface area contributed by atoms with Crippen LogP contribution >= 0.6 is 0 Å². The van der Waals surface area contributed by atoms with E-state index in [0.29, 0.717) is 35.9 Å². The van der Waals surface area contributed by atoms with Gasteiger partial charge >= 0.3 is 5.97 Å². The number of aliphatic carboxylic acids is 1. The lowest BCUT2D eigenvalue weighted by molar-refractivity contribution is -0.145. The average Bonchev–Trinajstić information content (AvgIpc) is 2.93. The summed E-state index contributed by atoms with van der Waals surface area (Å²) in [6, 6.07) is 6.65. The lowest BCUT2D eigenvalue weighted by Crippen LogP contribution is -2.46. The van der Waals surface area contributed by atoms with E-state index in [2.05, 4.69) is 15.5 Å². The first-order chi connectivity index (χ1) is 11.5. The molecule has 0 aliphatic heterocycles.